The molecule has 0 saturated carbocycles. The Hall–Kier alpha value is -2.69. The SMILES string of the molecule is Cc1ccc(OC(=O)C2CCN(S(=O)(=O)c3ccccc3C#N)CC2)c(C)c1. The van der Waals surface area contributed by atoms with Crippen LogP contribution in [0.15, 0.2) is 47.4 Å². The summed E-state index contributed by atoms with van der Waals surface area (Å²) >= 11 is 0. The second-order valence-corrected chi connectivity index (χ2v) is 8.88. The highest BCUT2D eigenvalue weighted by Crippen LogP contribution is 2.27. The largest absolute Gasteiger partial charge is 0.426 e. The summed E-state index contributed by atoms with van der Waals surface area (Å²) in [6.07, 6.45) is 0.773. The number of benzene rings is 2. The van der Waals surface area contributed by atoms with Crippen LogP contribution < -0.4 is 4.74 Å². The van der Waals surface area contributed by atoms with Gasteiger partial charge < -0.3 is 4.74 Å². The van der Waals surface area contributed by atoms with E-state index < -0.39 is 10.0 Å². The Morgan fingerprint density at radius 1 is 1.14 bits per heavy atom. The fraction of sp³-hybridized carbons (Fsp3) is 0.333. The monoisotopic (exact) mass is 398 g/mol. The number of carbonyl (C=O) groups is 1. The van der Waals surface area contributed by atoms with Crippen LogP contribution in [0.4, 0.5) is 0 Å². The Balaban J connectivity index is 1.67. The predicted molar refractivity (Wildman–Crippen MR) is 104 cm³/mol. The van der Waals surface area contributed by atoms with Crippen molar-refractivity contribution in [2.75, 3.05) is 13.1 Å². The van der Waals surface area contributed by atoms with Crippen LogP contribution in [0, 0.1) is 31.1 Å². The topological polar surface area (TPSA) is 87.5 Å². The maximum Gasteiger partial charge on any atom is 0.314 e. The Bertz CT molecular complexity index is 1030. The summed E-state index contributed by atoms with van der Waals surface area (Å²) in [6, 6.07) is 13.7. The van der Waals surface area contributed by atoms with Gasteiger partial charge in [0.2, 0.25) is 10.0 Å². The minimum absolute atomic E-state index is 0.00815. The van der Waals surface area contributed by atoms with E-state index in [1.165, 1.54) is 16.4 Å². The Morgan fingerprint density at radius 2 is 1.82 bits per heavy atom. The van der Waals surface area contributed by atoms with Gasteiger partial charge in [0.1, 0.15) is 11.8 Å². The summed E-state index contributed by atoms with van der Waals surface area (Å²) < 4.78 is 32.6. The van der Waals surface area contributed by atoms with Crippen LogP contribution in [0.3, 0.4) is 0 Å². The Morgan fingerprint density at radius 3 is 2.46 bits per heavy atom. The zero-order valence-corrected chi connectivity index (χ0v) is 16.7. The molecule has 1 aliphatic heterocycles. The Labute approximate surface area is 165 Å². The number of aryl methyl sites for hydroxylation is 2. The van der Waals surface area contributed by atoms with E-state index in [1.54, 1.807) is 18.2 Å². The normalized spacial score (nSPS) is 15.8. The molecule has 1 fully saturated rings. The van der Waals surface area contributed by atoms with Crippen molar-refractivity contribution in [1.82, 2.24) is 4.31 Å². The van der Waals surface area contributed by atoms with Gasteiger partial charge in [-0.15, -0.1) is 0 Å². The van der Waals surface area contributed by atoms with Crippen molar-refractivity contribution in [3.8, 4) is 11.8 Å². The summed E-state index contributed by atoms with van der Waals surface area (Å²) in [4.78, 5) is 12.5. The molecule has 146 valence electrons. The number of carbonyl (C=O) groups excluding carboxylic acids is 1. The lowest BCUT2D eigenvalue weighted by Crippen LogP contribution is -2.41. The maximum atomic E-state index is 12.9. The Kier molecular flexibility index (Phi) is 5.82. The average molecular weight is 398 g/mol. The summed E-state index contributed by atoms with van der Waals surface area (Å²) in [5.74, 6) is -0.145. The van der Waals surface area contributed by atoms with Gasteiger partial charge in [-0.3, -0.25) is 4.79 Å². The van der Waals surface area contributed by atoms with E-state index in [0.717, 1.165) is 11.1 Å². The van der Waals surface area contributed by atoms with Gasteiger partial charge >= 0.3 is 5.97 Å². The molecule has 1 aliphatic rings. The predicted octanol–water partition coefficient (Wildman–Crippen LogP) is 3.18. The highest BCUT2D eigenvalue weighted by molar-refractivity contribution is 7.89. The van der Waals surface area contributed by atoms with Crippen LogP contribution >= 0.6 is 0 Å². The molecule has 0 radical (unpaired) electrons. The van der Waals surface area contributed by atoms with E-state index in [4.69, 9.17) is 4.74 Å². The van der Waals surface area contributed by atoms with Crippen LogP contribution in [0.25, 0.3) is 0 Å². The molecule has 0 N–H and O–H groups in total. The van der Waals surface area contributed by atoms with Gasteiger partial charge in [0.25, 0.3) is 0 Å². The first kappa shape index (κ1) is 20.1. The van der Waals surface area contributed by atoms with Crippen molar-refractivity contribution in [2.24, 2.45) is 5.92 Å². The molecule has 2 aromatic rings. The number of ether oxygens (including phenoxy) is 1. The van der Waals surface area contributed by atoms with E-state index in [1.807, 2.05) is 32.0 Å². The molecular weight excluding hydrogens is 376 g/mol. The lowest BCUT2D eigenvalue weighted by Gasteiger charge is -2.30. The van der Waals surface area contributed by atoms with Crippen molar-refractivity contribution in [3.63, 3.8) is 0 Å². The second kappa shape index (κ2) is 8.13. The van der Waals surface area contributed by atoms with E-state index in [-0.39, 0.29) is 35.4 Å². The summed E-state index contributed by atoms with van der Waals surface area (Å²) in [5.41, 5.74) is 2.11. The summed E-state index contributed by atoms with van der Waals surface area (Å²) in [5, 5.41) is 9.18. The van der Waals surface area contributed by atoms with E-state index in [2.05, 4.69) is 0 Å². The molecule has 1 heterocycles. The molecule has 0 spiro atoms. The van der Waals surface area contributed by atoms with Crippen molar-refractivity contribution in [3.05, 3.63) is 59.2 Å². The lowest BCUT2D eigenvalue weighted by atomic mass is 9.98. The standard InChI is InChI=1S/C21H22N2O4S/c1-15-7-8-19(16(2)13-15)27-21(24)17-9-11-23(12-10-17)28(25,26)20-6-4-3-5-18(20)14-22/h3-8,13,17H,9-12H2,1-2H3. The molecule has 2 aromatic carbocycles. The number of piperidine rings is 1. The first-order valence-corrected chi connectivity index (χ1v) is 10.5. The molecular formula is C21H22N2O4S. The van der Waals surface area contributed by atoms with Gasteiger partial charge in [0.05, 0.1) is 16.4 Å². The first-order valence-electron chi connectivity index (χ1n) is 9.11. The van der Waals surface area contributed by atoms with Crippen LogP contribution in [0.5, 0.6) is 5.75 Å². The number of sulfonamides is 1. The van der Waals surface area contributed by atoms with Crippen LogP contribution in [-0.2, 0) is 14.8 Å². The zero-order valence-electron chi connectivity index (χ0n) is 15.9. The number of hydrogen-bond donors (Lipinski definition) is 0. The van der Waals surface area contributed by atoms with Crippen molar-refractivity contribution < 1.29 is 17.9 Å². The molecule has 3 rings (SSSR count). The van der Waals surface area contributed by atoms with Gasteiger partial charge in [-0.25, -0.2) is 8.42 Å². The number of rotatable bonds is 4. The third kappa shape index (κ3) is 4.08. The van der Waals surface area contributed by atoms with Gasteiger partial charge in [-0.2, -0.15) is 9.57 Å². The van der Waals surface area contributed by atoms with E-state index in [9.17, 15) is 18.5 Å². The molecule has 0 amide bonds. The molecule has 28 heavy (non-hydrogen) atoms. The summed E-state index contributed by atoms with van der Waals surface area (Å²) in [7, 11) is -3.77. The number of esters is 1. The molecule has 0 aromatic heterocycles. The summed E-state index contributed by atoms with van der Waals surface area (Å²) in [6.45, 7) is 4.29. The maximum absolute atomic E-state index is 12.9. The minimum Gasteiger partial charge on any atom is -0.426 e. The highest BCUT2D eigenvalue weighted by Gasteiger charge is 2.34. The third-order valence-corrected chi connectivity index (χ3v) is 6.91. The van der Waals surface area contributed by atoms with Gasteiger partial charge in [0, 0.05) is 13.1 Å². The quantitative estimate of drug-likeness (QED) is 0.583. The number of nitrogens with zero attached hydrogens (tertiary/aromatic N) is 2. The van der Waals surface area contributed by atoms with Crippen LogP contribution in [0.1, 0.15) is 29.5 Å². The third-order valence-electron chi connectivity index (χ3n) is 4.95. The lowest BCUT2D eigenvalue weighted by molar-refractivity contribution is -0.140. The van der Waals surface area contributed by atoms with Crippen LogP contribution in [-0.4, -0.2) is 31.8 Å². The van der Waals surface area contributed by atoms with Gasteiger partial charge in [-0.1, -0.05) is 29.8 Å². The second-order valence-electron chi connectivity index (χ2n) is 6.98. The molecule has 1 saturated heterocycles. The highest BCUT2D eigenvalue weighted by atomic mass is 32.2. The molecule has 0 bridgehead atoms. The van der Waals surface area contributed by atoms with Crippen molar-refractivity contribution in [1.29, 1.82) is 5.26 Å². The van der Waals surface area contributed by atoms with E-state index >= 15 is 0 Å². The molecule has 0 aliphatic carbocycles. The average Bonchev–Trinajstić information content (AvgIpc) is 2.70. The molecule has 0 atom stereocenters. The first-order chi connectivity index (χ1) is 13.3. The molecule has 0 unspecified atom stereocenters. The van der Waals surface area contributed by atoms with Crippen molar-refractivity contribution in [2.45, 2.75) is 31.6 Å². The van der Waals surface area contributed by atoms with Gasteiger partial charge in [-0.05, 0) is 50.5 Å². The molecule has 7 heteroatoms. The fourth-order valence-corrected chi connectivity index (χ4v) is 4.97. The van der Waals surface area contributed by atoms with E-state index in [0.29, 0.717) is 18.6 Å². The van der Waals surface area contributed by atoms with Crippen LogP contribution in [0.2, 0.25) is 0 Å². The smallest absolute Gasteiger partial charge is 0.314 e. The zero-order chi connectivity index (χ0) is 20.3. The van der Waals surface area contributed by atoms with Gasteiger partial charge in [0.15, 0.2) is 0 Å². The minimum atomic E-state index is -3.77. The fourth-order valence-electron chi connectivity index (χ4n) is 3.36. The number of hydrogen-bond acceptors (Lipinski definition) is 5. The molecule has 6 nitrogen and oxygen atoms in total. The van der Waals surface area contributed by atoms with Crippen molar-refractivity contribution >= 4 is 16.0 Å². The number of nitriles is 1.